The standard InChI is InChI=1S/C26H32N4O3S/c1-17-7-9-21(10-8-17)24-13-23(34(32,33)30-11-5-6-12-30)14-25(18(24)2)26(31)29-19(3)22-15-27-20(4)28-16-22/h7-10,13-16,19,32-33H,5-6,11-12H2,1-4H3,(H,29,31)/t19-/m1/s1. The molecule has 1 aromatic heterocycles. The fraction of sp³-hybridized carbons (Fsp3) is 0.346. The lowest BCUT2D eigenvalue weighted by molar-refractivity contribution is 0.0939. The number of carbonyl (C=O) groups excluding carboxylic acids is 1. The summed E-state index contributed by atoms with van der Waals surface area (Å²) >= 11 is 0. The van der Waals surface area contributed by atoms with Crippen LogP contribution in [0.1, 0.15) is 58.7 Å². The lowest BCUT2D eigenvalue weighted by atomic mass is 9.95. The number of aromatic nitrogens is 2. The number of aryl methyl sites for hydroxylation is 2. The third-order valence-electron chi connectivity index (χ3n) is 6.38. The fourth-order valence-corrected chi connectivity index (χ4v) is 5.81. The molecule has 1 amide bonds. The van der Waals surface area contributed by atoms with Gasteiger partial charge in [0.2, 0.25) is 0 Å². The molecule has 7 nitrogen and oxygen atoms in total. The van der Waals surface area contributed by atoms with Gasteiger partial charge in [-0.1, -0.05) is 29.8 Å². The molecule has 1 atom stereocenters. The van der Waals surface area contributed by atoms with E-state index in [0.717, 1.165) is 40.7 Å². The molecule has 34 heavy (non-hydrogen) atoms. The van der Waals surface area contributed by atoms with E-state index in [1.807, 2.05) is 58.0 Å². The first-order valence-corrected chi connectivity index (χ1v) is 13.0. The second-order valence-electron chi connectivity index (χ2n) is 8.92. The Balaban J connectivity index is 1.75. The second kappa shape index (κ2) is 9.84. The Morgan fingerprint density at radius 3 is 2.26 bits per heavy atom. The van der Waals surface area contributed by atoms with Gasteiger partial charge in [0.25, 0.3) is 5.91 Å². The molecule has 3 N–H and O–H groups in total. The molecule has 0 saturated carbocycles. The molecule has 3 aromatic rings. The van der Waals surface area contributed by atoms with Crippen molar-refractivity contribution in [2.24, 2.45) is 0 Å². The Morgan fingerprint density at radius 1 is 1.03 bits per heavy atom. The first-order chi connectivity index (χ1) is 16.2. The van der Waals surface area contributed by atoms with Gasteiger partial charge in [0.05, 0.1) is 10.9 Å². The Labute approximate surface area is 202 Å². The summed E-state index contributed by atoms with van der Waals surface area (Å²) in [5.41, 5.74) is 4.88. The van der Waals surface area contributed by atoms with Crippen molar-refractivity contribution in [2.75, 3.05) is 13.1 Å². The SMILES string of the molecule is Cc1ccc(-c2cc(S(O)(O)N3CCCC3)cc(C(=O)N[C@H](C)c3cnc(C)nc3)c2C)cc1. The van der Waals surface area contributed by atoms with Crippen molar-refractivity contribution in [1.82, 2.24) is 19.6 Å². The van der Waals surface area contributed by atoms with Crippen LogP contribution in [0.3, 0.4) is 0 Å². The maximum Gasteiger partial charge on any atom is 0.252 e. The van der Waals surface area contributed by atoms with Crippen LogP contribution < -0.4 is 5.32 Å². The topological polar surface area (TPSA) is 98.6 Å². The van der Waals surface area contributed by atoms with E-state index in [-0.39, 0.29) is 11.9 Å². The maximum absolute atomic E-state index is 13.4. The minimum Gasteiger partial charge on any atom is -0.345 e. The molecule has 4 rings (SSSR count). The zero-order chi connectivity index (χ0) is 24.5. The summed E-state index contributed by atoms with van der Waals surface area (Å²) in [7, 11) is -3.20. The molecule has 1 aliphatic heterocycles. The summed E-state index contributed by atoms with van der Waals surface area (Å²) in [6.07, 6.45) is 5.27. The summed E-state index contributed by atoms with van der Waals surface area (Å²) in [4.78, 5) is 22.2. The zero-order valence-electron chi connectivity index (χ0n) is 20.1. The van der Waals surface area contributed by atoms with Crippen molar-refractivity contribution in [2.45, 2.75) is 51.5 Å². The minimum absolute atomic E-state index is 0.280. The van der Waals surface area contributed by atoms with Gasteiger partial charge in [-0.3, -0.25) is 13.9 Å². The Morgan fingerprint density at radius 2 is 1.65 bits per heavy atom. The monoisotopic (exact) mass is 480 g/mol. The fourth-order valence-electron chi connectivity index (χ4n) is 4.19. The average molecular weight is 481 g/mol. The predicted octanol–water partition coefficient (Wildman–Crippen LogP) is 5.68. The Hall–Kier alpha value is -2.78. The number of hydrogen-bond acceptors (Lipinski definition) is 6. The van der Waals surface area contributed by atoms with Gasteiger partial charge >= 0.3 is 0 Å². The van der Waals surface area contributed by atoms with Crippen molar-refractivity contribution in [3.05, 3.63) is 76.9 Å². The molecule has 0 bridgehead atoms. The largest absolute Gasteiger partial charge is 0.345 e. The highest BCUT2D eigenvalue weighted by molar-refractivity contribution is 8.22. The highest BCUT2D eigenvalue weighted by atomic mass is 32.3. The highest BCUT2D eigenvalue weighted by Gasteiger charge is 2.30. The summed E-state index contributed by atoms with van der Waals surface area (Å²) in [5, 5.41) is 3.02. The molecule has 0 aliphatic carbocycles. The van der Waals surface area contributed by atoms with Crippen LogP contribution in [0.4, 0.5) is 0 Å². The lowest BCUT2D eigenvalue weighted by Crippen LogP contribution is -2.28. The van der Waals surface area contributed by atoms with Crippen molar-refractivity contribution >= 4 is 16.7 Å². The highest BCUT2D eigenvalue weighted by Crippen LogP contribution is 2.54. The number of rotatable bonds is 6. The zero-order valence-corrected chi connectivity index (χ0v) is 20.9. The smallest absolute Gasteiger partial charge is 0.252 e. The van der Waals surface area contributed by atoms with Crippen LogP contribution in [-0.2, 0) is 0 Å². The Kier molecular flexibility index (Phi) is 7.04. The minimum atomic E-state index is -3.20. The average Bonchev–Trinajstić information content (AvgIpc) is 3.36. The van der Waals surface area contributed by atoms with Crippen LogP contribution in [0.5, 0.6) is 0 Å². The van der Waals surface area contributed by atoms with Crippen LogP contribution in [0.15, 0.2) is 53.7 Å². The van der Waals surface area contributed by atoms with Crippen molar-refractivity contribution in [3.8, 4) is 11.1 Å². The molecule has 0 radical (unpaired) electrons. The predicted molar refractivity (Wildman–Crippen MR) is 136 cm³/mol. The third-order valence-corrected chi connectivity index (χ3v) is 8.33. The third kappa shape index (κ3) is 5.00. The molecule has 1 aliphatic rings. The molecule has 0 spiro atoms. The van der Waals surface area contributed by atoms with Gasteiger partial charge in [0, 0.05) is 36.6 Å². The molecular formula is C26H32N4O3S. The van der Waals surface area contributed by atoms with Crippen LogP contribution in [-0.4, -0.2) is 42.4 Å². The van der Waals surface area contributed by atoms with Crippen molar-refractivity contribution < 1.29 is 13.9 Å². The van der Waals surface area contributed by atoms with Crippen LogP contribution in [0.2, 0.25) is 0 Å². The van der Waals surface area contributed by atoms with Gasteiger partial charge < -0.3 is 5.32 Å². The van der Waals surface area contributed by atoms with E-state index in [0.29, 0.717) is 29.4 Å². The van der Waals surface area contributed by atoms with Gasteiger partial charge in [-0.25, -0.2) is 14.3 Å². The van der Waals surface area contributed by atoms with E-state index in [2.05, 4.69) is 15.3 Å². The number of nitrogens with zero attached hydrogens (tertiary/aromatic N) is 3. The summed E-state index contributed by atoms with van der Waals surface area (Å²) in [5.74, 6) is 0.387. The summed E-state index contributed by atoms with van der Waals surface area (Å²) in [6, 6.07) is 11.2. The van der Waals surface area contributed by atoms with Gasteiger partial charge in [0.1, 0.15) is 5.82 Å². The van der Waals surface area contributed by atoms with Gasteiger partial charge in [-0.15, -0.1) is 10.8 Å². The van der Waals surface area contributed by atoms with Crippen LogP contribution in [0.25, 0.3) is 11.1 Å². The maximum atomic E-state index is 13.4. The van der Waals surface area contributed by atoms with E-state index >= 15 is 0 Å². The van der Waals surface area contributed by atoms with Gasteiger partial charge in [0.15, 0.2) is 0 Å². The van der Waals surface area contributed by atoms with E-state index < -0.39 is 10.8 Å². The van der Waals surface area contributed by atoms with E-state index in [1.165, 1.54) is 0 Å². The first-order valence-electron chi connectivity index (χ1n) is 11.5. The molecule has 0 unspecified atom stereocenters. The van der Waals surface area contributed by atoms with Crippen LogP contribution >= 0.6 is 10.8 Å². The lowest BCUT2D eigenvalue weighted by Gasteiger charge is -2.41. The molecule has 1 saturated heterocycles. The van der Waals surface area contributed by atoms with E-state index in [4.69, 9.17) is 0 Å². The molecular weight excluding hydrogens is 448 g/mol. The van der Waals surface area contributed by atoms with Gasteiger partial charge in [-0.05, 0) is 69.4 Å². The van der Waals surface area contributed by atoms with Crippen LogP contribution in [0, 0.1) is 20.8 Å². The number of nitrogens with one attached hydrogen (secondary N) is 1. The summed E-state index contributed by atoms with van der Waals surface area (Å²) < 4.78 is 24.1. The molecule has 2 heterocycles. The quantitative estimate of drug-likeness (QED) is 0.420. The van der Waals surface area contributed by atoms with E-state index in [1.54, 1.807) is 22.8 Å². The van der Waals surface area contributed by atoms with Crippen molar-refractivity contribution in [1.29, 1.82) is 0 Å². The molecule has 2 aromatic carbocycles. The number of hydrogen-bond donors (Lipinski definition) is 3. The summed E-state index contributed by atoms with van der Waals surface area (Å²) in [6.45, 7) is 8.86. The van der Waals surface area contributed by atoms with E-state index in [9.17, 15) is 13.9 Å². The Bertz CT molecular complexity index is 1170. The normalized spacial score (nSPS) is 15.8. The first kappa shape index (κ1) is 24.3. The van der Waals surface area contributed by atoms with Gasteiger partial charge in [-0.2, -0.15) is 0 Å². The number of carbonyl (C=O) groups is 1. The van der Waals surface area contributed by atoms with Crippen molar-refractivity contribution in [3.63, 3.8) is 0 Å². The number of amides is 1. The second-order valence-corrected chi connectivity index (χ2v) is 10.9. The number of benzene rings is 2. The molecule has 8 heteroatoms. The molecule has 1 fully saturated rings. The molecule has 180 valence electrons.